The minimum absolute atomic E-state index is 0.0747. The molecule has 0 amide bonds. The Labute approximate surface area is 210 Å². The van der Waals surface area contributed by atoms with Crippen LogP contribution in [0, 0.1) is 0 Å². The second kappa shape index (κ2) is 11.5. The SMILES string of the molecule is CCN1/C(=C/C(C)=O)Sc2ccc(OC)cc21.CCN1/C(=C/C(C)=O)Sc2ccc(OC)cc21. The van der Waals surface area contributed by atoms with Crippen molar-refractivity contribution in [2.45, 2.75) is 37.5 Å². The molecule has 2 aromatic carbocycles. The summed E-state index contributed by atoms with van der Waals surface area (Å²) in [4.78, 5) is 29.0. The molecule has 0 bridgehead atoms. The van der Waals surface area contributed by atoms with Gasteiger partial charge >= 0.3 is 0 Å². The molecule has 2 heterocycles. The van der Waals surface area contributed by atoms with Crippen molar-refractivity contribution in [3.63, 3.8) is 0 Å². The summed E-state index contributed by atoms with van der Waals surface area (Å²) in [7, 11) is 3.32. The molecule has 34 heavy (non-hydrogen) atoms. The first-order chi connectivity index (χ1) is 16.3. The lowest BCUT2D eigenvalue weighted by Crippen LogP contribution is -2.17. The minimum atomic E-state index is 0.0747. The number of carbonyl (C=O) groups is 2. The van der Waals surface area contributed by atoms with Crippen molar-refractivity contribution < 1.29 is 19.1 Å². The van der Waals surface area contributed by atoms with Crippen LogP contribution >= 0.6 is 23.5 Å². The molecule has 4 rings (SSSR count). The summed E-state index contributed by atoms with van der Waals surface area (Å²) in [5.41, 5.74) is 2.23. The number of thioether (sulfide) groups is 2. The monoisotopic (exact) mass is 498 g/mol. The van der Waals surface area contributed by atoms with Crippen LogP contribution in [-0.2, 0) is 9.59 Å². The van der Waals surface area contributed by atoms with Crippen LogP contribution in [0.1, 0.15) is 27.7 Å². The zero-order valence-electron chi connectivity index (χ0n) is 20.4. The third kappa shape index (κ3) is 5.80. The van der Waals surface area contributed by atoms with E-state index in [0.29, 0.717) is 0 Å². The van der Waals surface area contributed by atoms with Crippen LogP contribution in [0.5, 0.6) is 11.5 Å². The topological polar surface area (TPSA) is 59.1 Å². The standard InChI is InChI=1S/2C13H15NO2S/c2*1-4-14-11-8-10(16-3)5-6-12(11)17-13(14)7-9(2)15/h2*5-8H,4H2,1-3H3/b2*13-7-. The van der Waals surface area contributed by atoms with Crippen LogP contribution in [0.2, 0.25) is 0 Å². The number of ether oxygens (including phenoxy) is 2. The predicted molar refractivity (Wildman–Crippen MR) is 141 cm³/mol. The van der Waals surface area contributed by atoms with Gasteiger partial charge in [0.25, 0.3) is 0 Å². The third-order valence-corrected chi connectivity index (χ3v) is 7.39. The Morgan fingerprint density at radius 2 is 1.15 bits per heavy atom. The van der Waals surface area contributed by atoms with Crippen LogP contribution in [0.4, 0.5) is 11.4 Å². The van der Waals surface area contributed by atoms with Crippen molar-refractivity contribution in [3.8, 4) is 11.5 Å². The highest BCUT2D eigenvalue weighted by Gasteiger charge is 2.25. The fourth-order valence-electron chi connectivity index (χ4n) is 3.63. The largest absolute Gasteiger partial charge is 0.497 e. The summed E-state index contributed by atoms with van der Waals surface area (Å²) in [6.45, 7) is 8.97. The highest BCUT2D eigenvalue weighted by molar-refractivity contribution is 8.04. The number of hydrogen-bond acceptors (Lipinski definition) is 8. The van der Waals surface area contributed by atoms with E-state index in [2.05, 4.69) is 23.6 Å². The molecule has 0 saturated carbocycles. The van der Waals surface area contributed by atoms with E-state index in [1.807, 2.05) is 36.4 Å². The number of hydrogen-bond donors (Lipinski definition) is 0. The molecule has 0 radical (unpaired) electrons. The number of ketones is 2. The van der Waals surface area contributed by atoms with Crippen molar-refractivity contribution in [3.05, 3.63) is 58.6 Å². The van der Waals surface area contributed by atoms with Gasteiger partial charge in [0, 0.05) is 47.2 Å². The maximum absolute atomic E-state index is 11.2. The van der Waals surface area contributed by atoms with Crippen molar-refractivity contribution in [1.29, 1.82) is 0 Å². The highest BCUT2D eigenvalue weighted by Crippen LogP contribution is 2.48. The van der Waals surface area contributed by atoms with E-state index in [1.54, 1.807) is 63.7 Å². The number of rotatable bonds is 6. The summed E-state index contributed by atoms with van der Waals surface area (Å²) < 4.78 is 10.5. The molecule has 0 fully saturated rings. The van der Waals surface area contributed by atoms with Crippen LogP contribution < -0.4 is 19.3 Å². The Hall–Kier alpha value is -2.84. The fraction of sp³-hybridized carbons (Fsp3) is 0.308. The lowest BCUT2D eigenvalue weighted by atomic mass is 10.2. The Balaban J connectivity index is 0.000000191. The number of fused-ring (bicyclic) bond motifs is 2. The fourth-order valence-corrected chi connectivity index (χ4v) is 6.03. The second-order valence-corrected chi connectivity index (χ2v) is 9.67. The molecule has 0 aromatic heterocycles. The van der Waals surface area contributed by atoms with Gasteiger partial charge in [0.1, 0.15) is 11.5 Å². The van der Waals surface area contributed by atoms with Gasteiger partial charge in [-0.1, -0.05) is 23.5 Å². The number of anilines is 2. The molecule has 0 atom stereocenters. The number of nitrogens with zero attached hydrogens (tertiary/aromatic N) is 2. The normalized spacial score (nSPS) is 16.2. The Morgan fingerprint density at radius 1 is 0.765 bits per heavy atom. The van der Waals surface area contributed by atoms with Crippen molar-refractivity contribution in [2.24, 2.45) is 0 Å². The summed E-state index contributed by atoms with van der Waals surface area (Å²) >= 11 is 3.25. The van der Waals surface area contributed by atoms with E-state index >= 15 is 0 Å². The van der Waals surface area contributed by atoms with Crippen LogP contribution in [-0.4, -0.2) is 38.9 Å². The van der Waals surface area contributed by atoms with Gasteiger partial charge in [0.2, 0.25) is 0 Å². The molecule has 0 N–H and O–H groups in total. The molecule has 8 heteroatoms. The number of methoxy groups -OCH3 is 2. The summed E-state index contributed by atoms with van der Waals surface area (Å²) in [6.07, 6.45) is 3.36. The third-order valence-electron chi connectivity index (χ3n) is 5.16. The quantitative estimate of drug-likeness (QED) is 0.442. The van der Waals surface area contributed by atoms with Crippen molar-refractivity contribution in [2.75, 3.05) is 37.1 Å². The minimum Gasteiger partial charge on any atom is -0.497 e. The van der Waals surface area contributed by atoms with Crippen LogP contribution in [0.3, 0.4) is 0 Å². The van der Waals surface area contributed by atoms with Gasteiger partial charge in [-0.25, -0.2) is 0 Å². The maximum atomic E-state index is 11.2. The first-order valence-corrected chi connectivity index (χ1v) is 12.7. The van der Waals surface area contributed by atoms with Gasteiger partial charge in [-0.2, -0.15) is 0 Å². The molecule has 180 valence electrons. The first-order valence-electron chi connectivity index (χ1n) is 11.0. The summed E-state index contributed by atoms with van der Waals surface area (Å²) in [5, 5.41) is 1.98. The molecule has 2 aliphatic heterocycles. The van der Waals surface area contributed by atoms with Crippen molar-refractivity contribution >= 4 is 46.5 Å². The van der Waals surface area contributed by atoms with Gasteiger partial charge in [0.05, 0.1) is 35.7 Å². The summed E-state index contributed by atoms with van der Waals surface area (Å²) in [5.74, 6) is 1.83. The zero-order valence-corrected chi connectivity index (χ0v) is 22.0. The van der Waals surface area contributed by atoms with Crippen LogP contribution in [0.25, 0.3) is 0 Å². The first kappa shape index (κ1) is 25.8. The number of allylic oxidation sites excluding steroid dienone is 2. The molecule has 6 nitrogen and oxygen atoms in total. The van der Waals surface area contributed by atoms with Crippen molar-refractivity contribution in [1.82, 2.24) is 0 Å². The molecule has 2 aliphatic rings. The van der Waals surface area contributed by atoms with E-state index in [4.69, 9.17) is 9.47 Å². The molecule has 0 spiro atoms. The van der Waals surface area contributed by atoms with Gasteiger partial charge in [0.15, 0.2) is 11.6 Å². The van der Waals surface area contributed by atoms with E-state index < -0.39 is 0 Å². The molecule has 0 saturated heterocycles. The second-order valence-electron chi connectivity index (χ2n) is 7.55. The van der Waals surface area contributed by atoms with Gasteiger partial charge in [-0.15, -0.1) is 0 Å². The summed E-state index contributed by atoms with van der Waals surface area (Å²) in [6, 6.07) is 12.0. The molecule has 0 aliphatic carbocycles. The lowest BCUT2D eigenvalue weighted by molar-refractivity contribution is -0.113. The smallest absolute Gasteiger partial charge is 0.155 e. The van der Waals surface area contributed by atoms with E-state index in [9.17, 15) is 9.59 Å². The van der Waals surface area contributed by atoms with Gasteiger partial charge < -0.3 is 19.3 Å². The molecular weight excluding hydrogens is 468 g/mol. The highest BCUT2D eigenvalue weighted by atomic mass is 32.2. The van der Waals surface area contributed by atoms with E-state index in [0.717, 1.165) is 46.0 Å². The van der Waals surface area contributed by atoms with E-state index in [1.165, 1.54) is 9.79 Å². The van der Waals surface area contributed by atoms with Gasteiger partial charge in [-0.05, 0) is 52.0 Å². The average Bonchev–Trinajstić information content (AvgIpc) is 3.33. The Kier molecular flexibility index (Phi) is 8.74. The Bertz CT molecular complexity index is 1050. The van der Waals surface area contributed by atoms with Gasteiger partial charge in [-0.3, -0.25) is 9.59 Å². The average molecular weight is 499 g/mol. The predicted octanol–water partition coefficient (Wildman–Crippen LogP) is 6.12. The van der Waals surface area contributed by atoms with Crippen LogP contribution in [0.15, 0.2) is 68.4 Å². The lowest BCUT2D eigenvalue weighted by Gasteiger charge is -2.18. The number of benzene rings is 2. The Morgan fingerprint density at radius 3 is 1.44 bits per heavy atom. The maximum Gasteiger partial charge on any atom is 0.155 e. The number of carbonyl (C=O) groups excluding carboxylic acids is 2. The zero-order chi connectivity index (χ0) is 24.8. The molecule has 0 unspecified atom stereocenters. The molecular formula is C26H30N2O4S2. The molecule has 2 aromatic rings. The van der Waals surface area contributed by atoms with E-state index in [-0.39, 0.29) is 11.6 Å².